The van der Waals surface area contributed by atoms with Crippen LogP contribution in [0.5, 0.6) is 0 Å². The third-order valence-electron chi connectivity index (χ3n) is 3.43. The fourth-order valence-corrected chi connectivity index (χ4v) is 3.89. The number of rotatable bonds is 3. The van der Waals surface area contributed by atoms with Crippen LogP contribution in [0, 0.1) is 10.5 Å². The van der Waals surface area contributed by atoms with Crippen LogP contribution in [0.3, 0.4) is 0 Å². The zero-order valence-electron chi connectivity index (χ0n) is 12.9. The summed E-state index contributed by atoms with van der Waals surface area (Å²) in [5, 5.41) is 9.01. The monoisotopic (exact) mass is 495 g/mol. The number of thiophene rings is 1. The molecule has 0 unspecified atom stereocenters. The van der Waals surface area contributed by atoms with Crippen LogP contribution in [0.15, 0.2) is 12.3 Å². The van der Waals surface area contributed by atoms with Gasteiger partial charge in [-0.25, -0.2) is 4.98 Å². The van der Waals surface area contributed by atoms with Gasteiger partial charge in [0.05, 0.1) is 15.5 Å². The van der Waals surface area contributed by atoms with E-state index in [4.69, 9.17) is 5.73 Å². The highest BCUT2D eigenvalue weighted by atomic mass is 127. The summed E-state index contributed by atoms with van der Waals surface area (Å²) in [6, 6.07) is 0.857. The number of primary amides is 1. The van der Waals surface area contributed by atoms with E-state index in [1.54, 1.807) is 0 Å². The number of hydrogen-bond acceptors (Lipinski definition) is 5. The van der Waals surface area contributed by atoms with Crippen molar-refractivity contribution in [1.82, 2.24) is 15.2 Å². The minimum Gasteiger partial charge on any atom is -0.365 e. The topological polar surface area (TPSA) is 114 Å². The second kappa shape index (κ2) is 6.50. The molecule has 0 aromatic carbocycles. The highest BCUT2D eigenvalue weighted by Crippen LogP contribution is 2.39. The average molecular weight is 495 g/mol. The lowest BCUT2D eigenvalue weighted by Crippen LogP contribution is -2.18. The first-order chi connectivity index (χ1) is 12.1. The van der Waals surface area contributed by atoms with E-state index >= 15 is 0 Å². The number of carbonyl (C=O) groups excluding carboxylic acids is 2. The van der Waals surface area contributed by atoms with Crippen molar-refractivity contribution in [2.75, 3.05) is 5.32 Å². The quantitative estimate of drug-likeness (QED) is 0.484. The number of aromatic nitrogens is 3. The van der Waals surface area contributed by atoms with Crippen molar-refractivity contribution in [3.8, 4) is 0 Å². The van der Waals surface area contributed by atoms with E-state index in [1.165, 1.54) is 13.1 Å². The lowest BCUT2D eigenvalue weighted by Gasteiger charge is -2.09. The molecule has 4 N–H and O–H groups in total. The number of aryl methyl sites for hydroxylation is 1. The number of nitrogens with one attached hydrogen (secondary N) is 2. The van der Waals surface area contributed by atoms with Gasteiger partial charge in [-0.3, -0.25) is 14.7 Å². The zero-order valence-corrected chi connectivity index (χ0v) is 15.8. The van der Waals surface area contributed by atoms with Gasteiger partial charge in [0.15, 0.2) is 0 Å². The third-order valence-corrected chi connectivity index (χ3v) is 5.35. The number of amides is 2. The van der Waals surface area contributed by atoms with E-state index < -0.39 is 23.7 Å². The summed E-state index contributed by atoms with van der Waals surface area (Å²) in [6.45, 7) is 1.44. The SMILES string of the molecule is Cc1cc(C(F)(F)F)nc2sc(C(N)=O)c(NC(=O)c3[nH]ncc3I)c12. The van der Waals surface area contributed by atoms with Gasteiger partial charge < -0.3 is 11.1 Å². The minimum atomic E-state index is -4.63. The highest BCUT2D eigenvalue weighted by Gasteiger charge is 2.34. The molecular weight excluding hydrogens is 486 g/mol. The molecule has 0 atom stereocenters. The first-order valence-electron chi connectivity index (χ1n) is 6.91. The number of H-pyrrole nitrogens is 1. The molecule has 7 nitrogen and oxygen atoms in total. The van der Waals surface area contributed by atoms with Crippen molar-refractivity contribution in [2.45, 2.75) is 13.1 Å². The molecule has 26 heavy (non-hydrogen) atoms. The maximum atomic E-state index is 13.0. The Morgan fingerprint density at radius 3 is 2.62 bits per heavy atom. The Kier molecular flexibility index (Phi) is 4.64. The summed E-state index contributed by atoms with van der Waals surface area (Å²) in [5.74, 6) is -1.48. The standard InChI is InChI=1S/C14H9F3IN5O2S/c1-4-2-6(14(15,16)17)21-13-7(4)9(10(26-13)11(19)24)22-12(25)8-5(18)3-20-23-8/h2-3H,1H3,(H2,19,24)(H,20,23)(H,22,25). The summed E-state index contributed by atoms with van der Waals surface area (Å²) < 4.78 is 39.4. The van der Waals surface area contributed by atoms with Crippen LogP contribution in [-0.4, -0.2) is 27.0 Å². The maximum Gasteiger partial charge on any atom is 0.433 e. The predicted molar refractivity (Wildman–Crippen MR) is 97.1 cm³/mol. The zero-order chi connectivity index (χ0) is 19.2. The van der Waals surface area contributed by atoms with Crippen LogP contribution < -0.4 is 11.1 Å². The lowest BCUT2D eigenvalue weighted by molar-refractivity contribution is -0.141. The lowest BCUT2D eigenvalue weighted by atomic mass is 10.1. The number of pyridine rings is 1. The highest BCUT2D eigenvalue weighted by molar-refractivity contribution is 14.1. The molecular formula is C14H9F3IN5O2S. The van der Waals surface area contributed by atoms with E-state index in [2.05, 4.69) is 20.5 Å². The van der Waals surface area contributed by atoms with E-state index in [9.17, 15) is 22.8 Å². The Morgan fingerprint density at radius 1 is 1.38 bits per heavy atom. The molecule has 3 aromatic heterocycles. The van der Waals surface area contributed by atoms with Crippen molar-refractivity contribution >= 4 is 61.6 Å². The van der Waals surface area contributed by atoms with Crippen molar-refractivity contribution in [2.24, 2.45) is 5.73 Å². The van der Waals surface area contributed by atoms with E-state index in [0.29, 0.717) is 14.9 Å². The van der Waals surface area contributed by atoms with Gasteiger partial charge >= 0.3 is 6.18 Å². The van der Waals surface area contributed by atoms with E-state index in [-0.39, 0.29) is 32.0 Å². The summed E-state index contributed by atoms with van der Waals surface area (Å²) >= 11 is 2.58. The second-order valence-electron chi connectivity index (χ2n) is 5.22. The van der Waals surface area contributed by atoms with Gasteiger partial charge in [-0.2, -0.15) is 18.3 Å². The van der Waals surface area contributed by atoms with E-state index in [1.807, 2.05) is 22.6 Å². The number of fused-ring (bicyclic) bond motifs is 1. The first-order valence-corrected chi connectivity index (χ1v) is 8.80. The molecule has 0 fully saturated rings. The summed E-state index contributed by atoms with van der Waals surface area (Å²) in [4.78, 5) is 27.6. The second-order valence-corrected chi connectivity index (χ2v) is 7.38. The molecule has 3 heterocycles. The molecule has 0 aliphatic heterocycles. The maximum absolute atomic E-state index is 13.0. The Bertz CT molecular complexity index is 1040. The molecule has 0 bridgehead atoms. The molecule has 3 rings (SSSR count). The Balaban J connectivity index is 2.17. The number of anilines is 1. The van der Waals surface area contributed by atoms with Crippen LogP contribution in [0.2, 0.25) is 0 Å². The minimum absolute atomic E-state index is 0.0339. The largest absolute Gasteiger partial charge is 0.433 e. The normalized spacial score (nSPS) is 11.7. The number of halogens is 4. The molecule has 0 saturated heterocycles. The molecule has 0 aliphatic carbocycles. The number of hydrogen-bond donors (Lipinski definition) is 3. The number of nitrogens with zero attached hydrogens (tertiary/aromatic N) is 2. The molecule has 12 heteroatoms. The third kappa shape index (κ3) is 3.25. The number of carbonyl (C=O) groups is 2. The van der Waals surface area contributed by atoms with Gasteiger partial charge in [-0.15, -0.1) is 11.3 Å². The molecule has 0 saturated carbocycles. The van der Waals surface area contributed by atoms with Crippen molar-refractivity contribution in [1.29, 1.82) is 0 Å². The molecule has 3 aromatic rings. The van der Waals surface area contributed by atoms with Gasteiger partial charge in [-0.05, 0) is 41.1 Å². The van der Waals surface area contributed by atoms with E-state index in [0.717, 1.165) is 6.07 Å². The molecule has 0 aliphatic rings. The van der Waals surface area contributed by atoms with Gasteiger partial charge in [0.2, 0.25) is 0 Å². The number of aromatic amines is 1. The molecule has 0 spiro atoms. The van der Waals surface area contributed by atoms with Crippen molar-refractivity contribution < 1.29 is 22.8 Å². The summed E-state index contributed by atoms with van der Waals surface area (Å²) in [6.07, 6.45) is -3.20. The van der Waals surface area contributed by atoms with Crippen LogP contribution in [0.1, 0.15) is 31.4 Å². The first kappa shape index (κ1) is 18.6. The Hall–Kier alpha value is -2.22. The summed E-state index contributed by atoms with van der Waals surface area (Å²) in [7, 11) is 0. The fraction of sp³-hybridized carbons (Fsp3) is 0.143. The van der Waals surface area contributed by atoms with Gasteiger partial charge in [0.1, 0.15) is 21.1 Å². The van der Waals surface area contributed by atoms with Crippen LogP contribution in [0.25, 0.3) is 10.2 Å². The molecule has 0 radical (unpaired) electrons. The van der Waals surface area contributed by atoms with Crippen LogP contribution in [0.4, 0.5) is 18.9 Å². The fourth-order valence-electron chi connectivity index (χ4n) is 2.33. The molecule has 136 valence electrons. The van der Waals surface area contributed by atoms with Gasteiger partial charge in [-0.1, -0.05) is 0 Å². The van der Waals surface area contributed by atoms with Crippen molar-refractivity contribution in [3.05, 3.63) is 37.7 Å². The van der Waals surface area contributed by atoms with Gasteiger partial charge in [0.25, 0.3) is 11.8 Å². The van der Waals surface area contributed by atoms with Gasteiger partial charge in [0, 0.05) is 5.39 Å². The Labute approximate surface area is 161 Å². The predicted octanol–water partition coefficient (Wildman–Crippen LogP) is 3.30. The van der Waals surface area contributed by atoms with Crippen LogP contribution in [-0.2, 0) is 6.18 Å². The Morgan fingerprint density at radius 2 is 2.08 bits per heavy atom. The van der Waals surface area contributed by atoms with Crippen molar-refractivity contribution in [3.63, 3.8) is 0 Å². The average Bonchev–Trinajstić information content (AvgIpc) is 3.10. The smallest absolute Gasteiger partial charge is 0.365 e. The number of nitrogens with two attached hydrogens (primary N) is 1. The summed E-state index contributed by atoms with van der Waals surface area (Å²) in [5.41, 5.74) is 4.64. The number of alkyl halides is 3. The molecule has 2 amide bonds. The van der Waals surface area contributed by atoms with Crippen LogP contribution >= 0.6 is 33.9 Å².